The number of amides is 1. The Kier molecular flexibility index (Phi) is 5.62. The summed E-state index contributed by atoms with van der Waals surface area (Å²) in [6.07, 6.45) is -1.18. The van der Waals surface area contributed by atoms with Crippen LogP contribution in [0.5, 0.6) is 5.75 Å². The van der Waals surface area contributed by atoms with Crippen molar-refractivity contribution in [1.82, 2.24) is 15.2 Å². The molecule has 1 amide bonds. The van der Waals surface area contributed by atoms with Crippen molar-refractivity contribution >= 4 is 11.7 Å². The number of fused-ring (bicyclic) bond motifs is 1. The lowest BCUT2D eigenvalue weighted by Crippen LogP contribution is -2.58. The third-order valence-corrected chi connectivity index (χ3v) is 7.29. The van der Waals surface area contributed by atoms with Crippen molar-refractivity contribution in [2.75, 3.05) is 19.7 Å². The van der Waals surface area contributed by atoms with Crippen molar-refractivity contribution < 1.29 is 27.5 Å². The largest absolute Gasteiger partial charge is 0.493 e. The van der Waals surface area contributed by atoms with Crippen molar-refractivity contribution in [2.24, 2.45) is 5.92 Å². The highest BCUT2D eigenvalue weighted by atomic mass is 19.4. The number of hydrogen-bond donors (Lipinski definition) is 1. The van der Waals surface area contributed by atoms with E-state index in [2.05, 4.69) is 40.3 Å². The Bertz CT molecular complexity index is 1120. The minimum Gasteiger partial charge on any atom is -0.493 e. The first kappa shape index (κ1) is 22.8. The van der Waals surface area contributed by atoms with E-state index in [0.29, 0.717) is 25.1 Å². The first-order chi connectivity index (χ1) is 16.2. The Balaban J connectivity index is 1.31. The minimum absolute atomic E-state index is 0.0366. The topological polar surface area (TPSA) is 71.5 Å². The summed E-state index contributed by atoms with van der Waals surface area (Å²) in [7, 11) is 0. The lowest BCUT2D eigenvalue weighted by Gasteiger charge is -2.42. The van der Waals surface area contributed by atoms with Gasteiger partial charge in [-0.3, -0.25) is 19.5 Å². The van der Waals surface area contributed by atoms with Gasteiger partial charge in [0.05, 0.1) is 6.61 Å². The zero-order valence-electron chi connectivity index (χ0n) is 18.8. The van der Waals surface area contributed by atoms with Crippen LogP contribution in [-0.4, -0.2) is 46.8 Å². The molecule has 180 valence electrons. The van der Waals surface area contributed by atoms with Gasteiger partial charge in [-0.1, -0.05) is 18.2 Å². The van der Waals surface area contributed by atoms with Crippen LogP contribution >= 0.6 is 0 Å². The highest BCUT2D eigenvalue weighted by molar-refractivity contribution is 6.13. The molecule has 1 N–H and O–H groups in total. The molecule has 1 spiro atoms. The van der Waals surface area contributed by atoms with Gasteiger partial charge >= 0.3 is 6.18 Å². The molecule has 34 heavy (non-hydrogen) atoms. The van der Waals surface area contributed by atoms with E-state index in [4.69, 9.17) is 4.74 Å². The van der Waals surface area contributed by atoms with Gasteiger partial charge in [0, 0.05) is 25.2 Å². The summed E-state index contributed by atoms with van der Waals surface area (Å²) in [5.74, 6) is -0.578. The smallest absolute Gasteiger partial charge is 0.433 e. The second-order valence-electron chi connectivity index (χ2n) is 9.46. The van der Waals surface area contributed by atoms with Gasteiger partial charge in [-0.05, 0) is 61.6 Å². The van der Waals surface area contributed by atoms with Gasteiger partial charge in [-0.15, -0.1) is 0 Å². The van der Waals surface area contributed by atoms with Gasteiger partial charge in [0.1, 0.15) is 22.9 Å². The van der Waals surface area contributed by atoms with E-state index in [1.165, 1.54) is 11.6 Å². The second-order valence-corrected chi connectivity index (χ2v) is 9.46. The highest BCUT2D eigenvalue weighted by Gasteiger charge is 2.54. The Morgan fingerprint density at radius 1 is 1.26 bits per heavy atom. The highest BCUT2D eigenvalue weighted by Crippen LogP contribution is 2.37. The summed E-state index contributed by atoms with van der Waals surface area (Å²) in [5, 5.41) is 2.95. The predicted molar refractivity (Wildman–Crippen MR) is 117 cm³/mol. The standard InChI is InChI=1S/C25H26F3N3O3/c1-15(18-5-4-17-7-10-34-20(17)12-18)31-9-2-8-24(14-31)22(32)19(23(33)30-24)11-16-3-6-21(29-13-16)25(26,27)28/h3-6,12-13,15,19H,2,7-11,14H2,1H3,(H,30,33). The van der Waals surface area contributed by atoms with Gasteiger partial charge in [-0.2, -0.15) is 13.2 Å². The molecular formula is C25H26F3N3O3. The number of Topliss-reactive ketones (excluding diaryl/α,β-unsaturated/α-hetero) is 1. The lowest BCUT2D eigenvalue weighted by molar-refractivity contribution is -0.141. The Hall–Kier alpha value is -2.94. The molecule has 5 rings (SSSR count). The number of carbonyl (C=O) groups is 2. The zero-order chi connectivity index (χ0) is 24.1. The molecule has 6 nitrogen and oxygen atoms in total. The number of benzene rings is 1. The fourth-order valence-electron chi connectivity index (χ4n) is 5.35. The third-order valence-electron chi connectivity index (χ3n) is 7.29. The van der Waals surface area contributed by atoms with E-state index in [-0.39, 0.29) is 24.2 Å². The number of ketones is 1. The summed E-state index contributed by atoms with van der Waals surface area (Å²) in [5.41, 5.74) is 0.758. The molecule has 2 aromatic rings. The maximum Gasteiger partial charge on any atom is 0.433 e. The van der Waals surface area contributed by atoms with Crippen molar-refractivity contribution in [1.29, 1.82) is 0 Å². The number of hydrogen-bond acceptors (Lipinski definition) is 5. The predicted octanol–water partition coefficient (Wildman–Crippen LogP) is 3.49. The number of halogens is 3. The van der Waals surface area contributed by atoms with Crippen molar-refractivity contribution in [3.8, 4) is 5.75 Å². The molecule has 2 fully saturated rings. The molecule has 3 atom stereocenters. The monoisotopic (exact) mass is 473 g/mol. The number of nitrogens with one attached hydrogen (secondary N) is 1. The van der Waals surface area contributed by atoms with Crippen LogP contribution in [0.2, 0.25) is 0 Å². The number of carbonyl (C=O) groups excluding carboxylic acids is 2. The van der Waals surface area contributed by atoms with Crippen molar-refractivity contribution in [2.45, 2.75) is 50.4 Å². The van der Waals surface area contributed by atoms with Gasteiger partial charge < -0.3 is 10.1 Å². The number of piperidine rings is 1. The van der Waals surface area contributed by atoms with Crippen LogP contribution in [0, 0.1) is 5.92 Å². The van der Waals surface area contributed by atoms with Crippen LogP contribution < -0.4 is 10.1 Å². The second kappa shape index (κ2) is 8.37. The van der Waals surface area contributed by atoms with Gasteiger partial charge in [0.25, 0.3) is 0 Å². The van der Waals surface area contributed by atoms with E-state index in [1.54, 1.807) is 0 Å². The number of ether oxygens (including phenoxy) is 1. The SMILES string of the molecule is CC(c1ccc2c(c1)OCC2)N1CCCC2(C1)NC(=O)C(Cc1ccc(C(F)(F)F)nc1)C2=O. The summed E-state index contributed by atoms with van der Waals surface area (Å²) >= 11 is 0. The van der Waals surface area contributed by atoms with Crippen molar-refractivity contribution in [3.63, 3.8) is 0 Å². The molecular weight excluding hydrogens is 447 g/mol. The van der Waals surface area contributed by atoms with Crippen LogP contribution in [0.15, 0.2) is 36.5 Å². The minimum atomic E-state index is -4.53. The van der Waals surface area contributed by atoms with E-state index in [1.807, 2.05) is 0 Å². The maximum atomic E-state index is 13.5. The number of alkyl halides is 3. The van der Waals surface area contributed by atoms with Gasteiger partial charge in [0.2, 0.25) is 5.91 Å². The number of nitrogens with zero attached hydrogens (tertiary/aromatic N) is 2. The fourth-order valence-corrected chi connectivity index (χ4v) is 5.35. The molecule has 9 heteroatoms. The number of rotatable bonds is 4. The van der Waals surface area contributed by atoms with Crippen LogP contribution in [0.1, 0.15) is 48.2 Å². The molecule has 4 heterocycles. The number of aromatic nitrogens is 1. The lowest BCUT2D eigenvalue weighted by atomic mass is 9.81. The average Bonchev–Trinajstić information content (AvgIpc) is 3.36. The molecule has 3 unspecified atom stereocenters. The van der Waals surface area contributed by atoms with Crippen LogP contribution in [-0.2, 0) is 28.6 Å². The molecule has 0 bridgehead atoms. The molecule has 3 aliphatic heterocycles. The summed E-state index contributed by atoms with van der Waals surface area (Å²) < 4.78 is 44.1. The van der Waals surface area contributed by atoms with E-state index in [0.717, 1.165) is 43.0 Å². The van der Waals surface area contributed by atoms with Crippen LogP contribution in [0.3, 0.4) is 0 Å². The zero-order valence-corrected chi connectivity index (χ0v) is 18.8. The first-order valence-corrected chi connectivity index (χ1v) is 11.5. The normalized spacial score (nSPS) is 25.8. The Morgan fingerprint density at radius 2 is 2.09 bits per heavy atom. The summed E-state index contributed by atoms with van der Waals surface area (Å²) in [6, 6.07) is 8.44. The molecule has 2 saturated heterocycles. The Morgan fingerprint density at radius 3 is 2.82 bits per heavy atom. The quantitative estimate of drug-likeness (QED) is 0.689. The van der Waals surface area contributed by atoms with Gasteiger partial charge in [0.15, 0.2) is 5.78 Å². The first-order valence-electron chi connectivity index (χ1n) is 11.5. The third kappa shape index (κ3) is 4.06. The fraction of sp³-hybridized carbons (Fsp3) is 0.480. The van der Waals surface area contributed by atoms with E-state index < -0.39 is 23.3 Å². The average molecular weight is 473 g/mol. The number of likely N-dealkylation sites (tertiary alicyclic amines) is 1. The molecule has 0 aliphatic carbocycles. The van der Waals surface area contributed by atoms with Crippen LogP contribution in [0.4, 0.5) is 13.2 Å². The van der Waals surface area contributed by atoms with Gasteiger partial charge in [-0.25, -0.2) is 0 Å². The van der Waals surface area contributed by atoms with Crippen molar-refractivity contribution in [3.05, 3.63) is 58.9 Å². The van der Waals surface area contributed by atoms with E-state index >= 15 is 0 Å². The summed E-state index contributed by atoms with van der Waals surface area (Å²) in [4.78, 5) is 31.9. The molecule has 0 radical (unpaired) electrons. The van der Waals surface area contributed by atoms with Crippen LogP contribution in [0.25, 0.3) is 0 Å². The van der Waals surface area contributed by atoms with E-state index in [9.17, 15) is 22.8 Å². The number of pyridine rings is 1. The summed E-state index contributed by atoms with van der Waals surface area (Å²) in [6.45, 7) is 3.98. The molecule has 0 saturated carbocycles. The molecule has 3 aliphatic rings. The Labute approximate surface area is 195 Å². The molecule has 1 aromatic heterocycles. The molecule has 1 aromatic carbocycles. The maximum absolute atomic E-state index is 13.5.